The van der Waals surface area contributed by atoms with Crippen molar-refractivity contribution in [3.63, 3.8) is 0 Å². The topological polar surface area (TPSA) is 85.7 Å². The Morgan fingerprint density at radius 2 is 2.03 bits per heavy atom. The number of primary amides is 1. The first-order chi connectivity index (χ1) is 15.3. The Hall–Kier alpha value is -2.72. The molecule has 0 bridgehead atoms. The number of carbonyl (C=O) groups excluding carboxylic acids is 1. The fourth-order valence-electron chi connectivity index (χ4n) is 4.49. The van der Waals surface area contributed by atoms with Crippen LogP contribution in [0.4, 0.5) is 13.2 Å². The van der Waals surface area contributed by atoms with Crippen molar-refractivity contribution < 1.29 is 22.7 Å². The van der Waals surface area contributed by atoms with E-state index in [9.17, 15) is 18.0 Å². The Bertz CT molecular complexity index is 1100. The maximum atomic E-state index is 13.3. The number of hydrogen-bond acceptors (Lipinski definition) is 5. The molecule has 0 saturated carbocycles. The zero-order chi connectivity index (χ0) is 24.2. The van der Waals surface area contributed by atoms with E-state index in [4.69, 9.17) is 10.5 Å². The highest BCUT2D eigenvalue weighted by Gasteiger charge is 2.48. The third-order valence-electron chi connectivity index (χ3n) is 6.66. The van der Waals surface area contributed by atoms with Crippen molar-refractivity contribution in [3.05, 3.63) is 47.5 Å². The second kappa shape index (κ2) is 7.95. The number of allylic oxidation sites excluding steroid dienone is 2. The Kier molecular flexibility index (Phi) is 5.65. The number of aromatic nitrogens is 2. The molecular weight excluding hydrogens is 435 g/mol. The van der Waals surface area contributed by atoms with Gasteiger partial charge in [0.25, 0.3) is 5.91 Å². The van der Waals surface area contributed by atoms with Gasteiger partial charge in [0.05, 0.1) is 18.5 Å². The molecule has 1 amide bonds. The van der Waals surface area contributed by atoms with E-state index in [-0.39, 0.29) is 18.9 Å². The molecular formula is C23H28F3N5O2. The van der Waals surface area contributed by atoms with Crippen molar-refractivity contribution in [2.75, 3.05) is 19.7 Å². The average molecular weight is 464 g/mol. The van der Waals surface area contributed by atoms with Gasteiger partial charge in [0.15, 0.2) is 6.10 Å². The second-order valence-electron chi connectivity index (χ2n) is 9.70. The monoisotopic (exact) mass is 463 g/mol. The predicted molar refractivity (Wildman–Crippen MR) is 118 cm³/mol. The number of alkyl halides is 3. The molecule has 1 aromatic heterocycles. The van der Waals surface area contributed by atoms with Crippen LogP contribution in [0.5, 0.6) is 0 Å². The quantitative estimate of drug-likeness (QED) is 0.744. The number of ether oxygens (including phenoxy) is 1. The maximum Gasteiger partial charge on any atom is 0.415 e. The minimum atomic E-state index is -4.42. The average Bonchev–Trinajstić information content (AvgIpc) is 3.13. The number of aryl methyl sites for hydroxylation is 1. The van der Waals surface area contributed by atoms with Gasteiger partial charge in [-0.3, -0.25) is 14.4 Å². The standard InChI is InChI=1S/C23H28F3N5O2/c1-21(2)13-33-19(23(24,25)26)12-31(21)10-14-5-6-22(3)16(15-9-28-30(4)11-15)8-17(20(27)32)29-18(22)7-14/h5,7-9,11,19H,6,10,12-13H2,1-4H3,(H2,27,32). The molecule has 1 fully saturated rings. The van der Waals surface area contributed by atoms with Gasteiger partial charge >= 0.3 is 6.18 Å². The first kappa shape index (κ1) is 23.4. The van der Waals surface area contributed by atoms with Crippen LogP contribution in [-0.2, 0) is 16.6 Å². The third-order valence-corrected chi connectivity index (χ3v) is 6.66. The minimum Gasteiger partial charge on any atom is -0.366 e. The first-order valence-electron chi connectivity index (χ1n) is 10.7. The first-order valence-corrected chi connectivity index (χ1v) is 10.7. The highest BCUT2D eigenvalue weighted by Crippen LogP contribution is 2.49. The largest absolute Gasteiger partial charge is 0.415 e. The molecule has 0 aromatic carbocycles. The van der Waals surface area contributed by atoms with Gasteiger partial charge in [0, 0.05) is 42.9 Å². The van der Waals surface area contributed by atoms with E-state index in [2.05, 4.69) is 10.1 Å². The molecule has 2 unspecified atom stereocenters. The van der Waals surface area contributed by atoms with Crippen LogP contribution >= 0.6 is 0 Å². The Morgan fingerprint density at radius 1 is 1.30 bits per heavy atom. The van der Waals surface area contributed by atoms with Crippen LogP contribution in [0, 0.1) is 5.41 Å². The zero-order valence-electron chi connectivity index (χ0n) is 19.1. The molecule has 2 N–H and O–H groups in total. The maximum absolute atomic E-state index is 13.3. The summed E-state index contributed by atoms with van der Waals surface area (Å²) >= 11 is 0. The number of nitrogens with two attached hydrogens (primary N) is 1. The molecule has 3 aliphatic rings. The molecule has 1 aliphatic carbocycles. The van der Waals surface area contributed by atoms with Crippen LogP contribution in [0.15, 0.2) is 46.9 Å². The summed E-state index contributed by atoms with van der Waals surface area (Å²) in [5.41, 5.74) is 7.86. The summed E-state index contributed by atoms with van der Waals surface area (Å²) in [6.07, 6.45) is 3.54. The third kappa shape index (κ3) is 4.41. The van der Waals surface area contributed by atoms with Crippen molar-refractivity contribution in [1.29, 1.82) is 0 Å². The van der Waals surface area contributed by atoms with Gasteiger partial charge < -0.3 is 10.5 Å². The number of carbonyl (C=O) groups is 1. The molecule has 2 aliphatic heterocycles. The van der Waals surface area contributed by atoms with E-state index in [1.807, 2.05) is 46.2 Å². The minimum absolute atomic E-state index is 0.0172. The van der Waals surface area contributed by atoms with Crippen molar-refractivity contribution in [2.24, 2.45) is 23.2 Å². The van der Waals surface area contributed by atoms with Crippen LogP contribution in [0.3, 0.4) is 0 Å². The molecule has 10 heteroatoms. The molecule has 1 saturated heterocycles. The number of fused-ring (bicyclic) bond motifs is 1. The van der Waals surface area contributed by atoms with Gasteiger partial charge in [0.2, 0.25) is 0 Å². The summed E-state index contributed by atoms with van der Waals surface area (Å²) in [5, 5.41) is 4.24. The van der Waals surface area contributed by atoms with Crippen molar-refractivity contribution in [3.8, 4) is 0 Å². The van der Waals surface area contributed by atoms with E-state index in [1.54, 1.807) is 21.9 Å². The van der Waals surface area contributed by atoms with E-state index in [0.29, 0.717) is 18.7 Å². The molecule has 7 nitrogen and oxygen atoms in total. The number of halogens is 3. The number of rotatable bonds is 4. The van der Waals surface area contributed by atoms with Crippen molar-refractivity contribution in [2.45, 2.75) is 45.0 Å². The Morgan fingerprint density at radius 3 is 2.64 bits per heavy atom. The summed E-state index contributed by atoms with van der Waals surface area (Å²) in [7, 11) is 1.81. The number of hydrogen-bond donors (Lipinski definition) is 1. The molecule has 3 heterocycles. The number of aliphatic imine (C=N–C) groups is 1. The van der Waals surface area contributed by atoms with Gasteiger partial charge in [-0.05, 0) is 50.5 Å². The van der Waals surface area contributed by atoms with Gasteiger partial charge in [-0.2, -0.15) is 18.3 Å². The number of amides is 1. The van der Waals surface area contributed by atoms with Gasteiger partial charge in [-0.1, -0.05) is 6.08 Å². The van der Waals surface area contributed by atoms with Crippen LogP contribution in [-0.4, -0.2) is 63.8 Å². The predicted octanol–water partition coefficient (Wildman–Crippen LogP) is 3.01. The molecule has 0 spiro atoms. The highest BCUT2D eigenvalue weighted by atomic mass is 19.4. The summed E-state index contributed by atoms with van der Waals surface area (Å²) in [5.74, 6) is -0.641. The summed E-state index contributed by atoms with van der Waals surface area (Å²) in [6.45, 7) is 5.82. The molecule has 178 valence electrons. The smallest absolute Gasteiger partial charge is 0.366 e. The van der Waals surface area contributed by atoms with Crippen molar-refractivity contribution >= 4 is 17.2 Å². The molecule has 0 radical (unpaired) electrons. The zero-order valence-corrected chi connectivity index (χ0v) is 19.1. The summed E-state index contributed by atoms with van der Waals surface area (Å²) < 4.78 is 46.6. The molecule has 33 heavy (non-hydrogen) atoms. The SMILES string of the molecule is Cn1cc(C2=CC(C(N)=O)=NC3=CC(CN4CC(C(F)(F)F)OCC4(C)C)=CCC32C)cn1. The lowest BCUT2D eigenvalue weighted by Gasteiger charge is -2.46. The number of nitrogens with zero attached hydrogens (tertiary/aromatic N) is 4. The lowest BCUT2D eigenvalue weighted by molar-refractivity contribution is -0.252. The summed E-state index contributed by atoms with van der Waals surface area (Å²) in [6, 6.07) is 0. The normalized spacial score (nSPS) is 27.8. The second-order valence-corrected chi connectivity index (χ2v) is 9.70. The lowest BCUT2D eigenvalue weighted by atomic mass is 9.69. The van der Waals surface area contributed by atoms with Gasteiger partial charge in [-0.25, -0.2) is 4.99 Å². The fourth-order valence-corrected chi connectivity index (χ4v) is 4.49. The van der Waals surface area contributed by atoms with E-state index in [1.165, 1.54) is 0 Å². The van der Waals surface area contributed by atoms with Crippen LogP contribution in [0.1, 0.15) is 32.8 Å². The molecule has 4 rings (SSSR count). The van der Waals surface area contributed by atoms with E-state index < -0.39 is 29.1 Å². The van der Waals surface area contributed by atoms with Crippen LogP contribution in [0.2, 0.25) is 0 Å². The van der Waals surface area contributed by atoms with Gasteiger partial charge in [-0.15, -0.1) is 0 Å². The number of dihydropyridines is 1. The fraction of sp³-hybridized carbons (Fsp3) is 0.522. The Labute approximate surface area is 190 Å². The van der Waals surface area contributed by atoms with Gasteiger partial charge in [0.1, 0.15) is 5.71 Å². The highest BCUT2D eigenvalue weighted by molar-refractivity contribution is 6.44. The van der Waals surface area contributed by atoms with Crippen LogP contribution < -0.4 is 5.73 Å². The Balaban J connectivity index is 1.65. The number of morpholine rings is 1. The molecule has 1 aromatic rings. The lowest BCUT2D eigenvalue weighted by Crippen LogP contribution is -2.59. The summed E-state index contributed by atoms with van der Waals surface area (Å²) in [4.78, 5) is 18.3. The van der Waals surface area contributed by atoms with E-state index >= 15 is 0 Å². The molecule has 2 atom stereocenters. The van der Waals surface area contributed by atoms with Crippen molar-refractivity contribution in [1.82, 2.24) is 14.7 Å². The van der Waals surface area contributed by atoms with E-state index in [0.717, 1.165) is 16.7 Å². The van der Waals surface area contributed by atoms with Crippen LogP contribution in [0.25, 0.3) is 5.57 Å².